The molecule has 5 heteroatoms. The van der Waals surface area contributed by atoms with Crippen LogP contribution in [0.3, 0.4) is 0 Å². The molecule has 4 nitrogen and oxygen atoms in total. The molecule has 1 heterocycles. The molecule has 1 amide bonds. The Morgan fingerprint density at radius 1 is 1.39 bits per heavy atom. The van der Waals surface area contributed by atoms with Crippen molar-refractivity contribution >= 4 is 11.7 Å². The standard InChI is InChI=1S/C13H12FN3O/c1-9(10-3-2-4-11(14)7-10)13(18)17-12-8-15-5-6-16-12/h2-9H,1H3,(H,16,17,18)/t9-/m1/s1. The molecule has 0 aliphatic rings. The Kier molecular flexibility index (Phi) is 3.62. The first-order chi connectivity index (χ1) is 8.66. The third-order valence-corrected chi connectivity index (χ3v) is 2.56. The molecule has 0 radical (unpaired) electrons. The zero-order chi connectivity index (χ0) is 13.0. The molecule has 0 aliphatic heterocycles. The molecule has 0 aliphatic carbocycles. The van der Waals surface area contributed by atoms with Gasteiger partial charge in [-0.15, -0.1) is 0 Å². The lowest BCUT2D eigenvalue weighted by Gasteiger charge is -2.11. The van der Waals surface area contributed by atoms with Crippen LogP contribution in [0.15, 0.2) is 42.9 Å². The maximum atomic E-state index is 13.1. The fraction of sp³-hybridized carbons (Fsp3) is 0.154. The smallest absolute Gasteiger partial charge is 0.232 e. The van der Waals surface area contributed by atoms with Crippen LogP contribution < -0.4 is 5.32 Å². The molecule has 1 atom stereocenters. The van der Waals surface area contributed by atoms with E-state index in [0.717, 1.165) is 0 Å². The van der Waals surface area contributed by atoms with E-state index in [2.05, 4.69) is 15.3 Å². The topological polar surface area (TPSA) is 54.9 Å². The Hall–Kier alpha value is -2.30. The molecule has 2 rings (SSSR count). The number of rotatable bonds is 3. The van der Waals surface area contributed by atoms with E-state index in [1.54, 1.807) is 19.1 Å². The van der Waals surface area contributed by atoms with Gasteiger partial charge in [-0.25, -0.2) is 9.37 Å². The van der Waals surface area contributed by atoms with Gasteiger partial charge in [0.25, 0.3) is 0 Å². The number of carbonyl (C=O) groups excluding carboxylic acids is 1. The first-order valence-corrected chi connectivity index (χ1v) is 5.49. The SMILES string of the molecule is C[C@@H](C(=O)Nc1cnccn1)c1cccc(F)c1. The fourth-order valence-corrected chi connectivity index (χ4v) is 1.53. The zero-order valence-corrected chi connectivity index (χ0v) is 9.80. The maximum Gasteiger partial charge on any atom is 0.232 e. The van der Waals surface area contributed by atoms with Crippen LogP contribution in [-0.4, -0.2) is 15.9 Å². The largest absolute Gasteiger partial charge is 0.309 e. The van der Waals surface area contributed by atoms with Gasteiger partial charge in [0.15, 0.2) is 5.82 Å². The van der Waals surface area contributed by atoms with Crippen molar-refractivity contribution in [2.45, 2.75) is 12.8 Å². The highest BCUT2D eigenvalue weighted by molar-refractivity contribution is 5.94. The van der Waals surface area contributed by atoms with E-state index in [-0.39, 0.29) is 11.7 Å². The van der Waals surface area contributed by atoms with Crippen molar-refractivity contribution in [3.63, 3.8) is 0 Å². The molecule has 1 aromatic heterocycles. The van der Waals surface area contributed by atoms with Gasteiger partial charge in [0.1, 0.15) is 5.82 Å². The van der Waals surface area contributed by atoms with Crippen LogP contribution >= 0.6 is 0 Å². The average molecular weight is 245 g/mol. The summed E-state index contributed by atoms with van der Waals surface area (Å²) in [5, 5.41) is 2.62. The summed E-state index contributed by atoms with van der Waals surface area (Å²) < 4.78 is 13.1. The summed E-state index contributed by atoms with van der Waals surface area (Å²) in [6.07, 6.45) is 4.46. The van der Waals surface area contributed by atoms with E-state index in [9.17, 15) is 9.18 Å². The van der Waals surface area contributed by atoms with Crippen molar-refractivity contribution in [3.05, 3.63) is 54.2 Å². The van der Waals surface area contributed by atoms with Gasteiger partial charge < -0.3 is 5.32 Å². The molecule has 2 aromatic rings. The third-order valence-electron chi connectivity index (χ3n) is 2.56. The van der Waals surface area contributed by atoms with Crippen LogP contribution in [-0.2, 0) is 4.79 Å². The van der Waals surface area contributed by atoms with Gasteiger partial charge in [0.2, 0.25) is 5.91 Å². The first-order valence-electron chi connectivity index (χ1n) is 5.49. The Balaban J connectivity index is 2.10. The molecule has 0 saturated heterocycles. The van der Waals surface area contributed by atoms with Crippen LogP contribution in [0.2, 0.25) is 0 Å². The van der Waals surface area contributed by atoms with Crippen molar-refractivity contribution in [1.29, 1.82) is 0 Å². The van der Waals surface area contributed by atoms with Crippen LogP contribution in [0.4, 0.5) is 10.2 Å². The average Bonchev–Trinajstić information content (AvgIpc) is 2.39. The van der Waals surface area contributed by atoms with E-state index in [1.165, 1.54) is 30.7 Å². The van der Waals surface area contributed by atoms with Crippen LogP contribution in [0.5, 0.6) is 0 Å². The summed E-state index contributed by atoms with van der Waals surface area (Å²) in [4.78, 5) is 19.7. The number of carbonyl (C=O) groups is 1. The van der Waals surface area contributed by atoms with Gasteiger partial charge in [-0.2, -0.15) is 0 Å². The second kappa shape index (κ2) is 5.35. The van der Waals surface area contributed by atoms with Crippen molar-refractivity contribution in [1.82, 2.24) is 9.97 Å². The lowest BCUT2D eigenvalue weighted by molar-refractivity contribution is -0.117. The number of hydrogen-bond acceptors (Lipinski definition) is 3. The van der Waals surface area contributed by atoms with Gasteiger partial charge in [-0.05, 0) is 24.6 Å². The van der Waals surface area contributed by atoms with Crippen molar-refractivity contribution in [2.75, 3.05) is 5.32 Å². The second-order valence-corrected chi connectivity index (χ2v) is 3.86. The Morgan fingerprint density at radius 3 is 2.89 bits per heavy atom. The van der Waals surface area contributed by atoms with E-state index < -0.39 is 5.92 Å². The Morgan fingerprint density at radius 2 is 2.22 bits per heavy atom. The maximum absolute atomic E-state index is 13.1. The number of aromatic nitrogens is 2. The molecule has 1 N–H and O–H groups in total. The number of benzene rings is 1. The molecular weight excluding hydrogens is 233 g/mol. The summed E-state index contributed by atoms with van der Waals surface area (Å²) in [6, 6.07) is 5.98. The van der Waals surface area contributed by atoms with Crippen molar-refractivity contribution in [3.8, 4) is 0 Å². The predicted molar refractivity (Wildman–Crippen MR) is 65.5 cm³/mol. The number of nitrogens with zero attached hydrogens (tertiary/aromatic N) is 2. The molecule has 0 saturated carbocycles. The minimum Gasteiger partial charge on any atom is -0.309 e. The molecule has 0 bridgehead atoms. The Bertz CT molecular complexity index is 545. The summed E-state index contributed by atoms with van der Waals surface area (Å²) in [6.45, 7) is 1.71. The van der Waals surface area contributed by atoms with Gasteiger partial charge >= 0.3 is 0 Å². The van der Waals surface area contributed by atoms with E-state index in [0.29, 0.717) is 11.4 Å². The zero-order valence-electron chi connectivity index (χ0n) is 9.80. The Labute approximate surface area is 104 Å². The molecular formula is C13H12FN3O. The van der Waals surface area contributed by atoms with Crippen LogP contribution in [0.1, 0.15) is 18.4 Å². The predicted octanol–water partition coefficient (Wildman–Crippen LogP) is 2.36. The highest BCUT2D eigenvalue weighted by Crippen LogP contribution is 2.17. The molecule has 1 aromatic carbocycles. The summed E-state index contributed by atoms with van der Waals surface area (Å²) >= 11 is 0. The highest BCUT2D eigenvalue weighted by atomic mass is 19.1. The number of nitrogens with one attached hydrogen (secondary N) is 1. The number of anilines is 1. The second-order valence-electron chi connectivity index (χ2n) is 3.86. The normalized spacial score (nSPS) is 11.9. The van der Waals surface area contributed by atoms with E-state index >= 15 is 0 Å². The van der Waals surface area contributed by atoms with Crippen molar-refractivity contribution < 1.29 is 9.18 Å². The minimum absolute atomic E-state index is 0.249. The molecule has 0 spiro atoms. The summed E-state index contributed by atoms with van der Waals surface area (Å²) in [7, 11) is 0. The number of amides is 1. The van der Waals surface area contributed by atoms with E-state index in [1.807, 2.05) is 0 Å². The van der Waals surface area contributed by atoms with Gasteiger partial charge in [0, 0.05) is 12.4 Å². The van der Waals surface area contributed by atoms with Crippen LogP contribution in [0.25, 0.3) is 0 Å². The third kappa shape index (κ3) is 2.88. The monoisotopic (exact) mass is 245 g/mol. The van der Waals surface area contributed by atoms with Gasteiger partial charge in [-0.3, -0.25) is 9.78 Å². The minimum atomic E-state index is -0.456. The number of halogens is 1. The molecule has 92 valence electrons. The quantitative estimate of drug-likeness (QED) is 0.903. The fourth-order valence-electron chi connectivity index (χ4n) is 1.53. The molecule has 0 unspecified atom stereocenters. The van der Waals surface area contributed by atoms with Gasteiger partial charge in [-0.1, -0.05) is 12.1 Å². The lowest BCUT2D eigenvalue weighted by Crippen LogP contribution is -2.19. The molecule has 0 fully saturated rings. The highest BCUT2D eigenvalue weighted by Gasteiger charge is 2.16. The summed E-state index contributed by atoms with van der Waals surface area (Å²) in [5.74, 6) is -0.679. The number of hydrogen-bond donors (Lipinski definition) is 1. The lowest BCUT2D eigenvalue weighted by atomic mass is 10.0. The first kappa shape index (κ1) is 12.2. The van der Waals surface area contributed by atoms with Gasteiger partial charge in [0.05, 0.1) is 12.1 Å². The van der Waals surface area contributed by atoms with Crippen LogP contribution in [0, 0.1) is 5.82 Å². The molecule has 18 heavy (non-hydrogen) atoms. The van der Waals surface area contributed by atoms with E-state index in [4.69, 9.17) is 0 Å². The summed E-state index contributed by atoms with van der Waals surface area (Å²) in [5.41, 5.74) is 0.622. The van der Waals surface area contributed by atoms with Crippen molar-refractivity contribution in [2.24, 2.45) is 0 Å².